The quantitative estimate of drug-likeness (QED) is 0.686. The second-order valence-electron chi connectivity index (χ2n) is 8.22. The predicted octanol–water partition coefficient (Wildman–Crippen LogP) is 1.12. The highest BCUT2D eigenvalue weighted by Crippen LogP contribution is 2.18. The maximum absolute atomic E-state index is 12.9. The van der Waals surface area contributed by atoms with Crippen LogP contribution in [-0.4, -0.2) is 77.3 Å². The van der Waals surface area contributed by atoms with Gasteiger partial charge in [0.05, 0.1) is 25.7 Å². The molecule has 2 fully saturated rings. The minimum Gasteiger partial charge on any atom is -0.379 e. The lowest BCUT2D eigenvalue weighted by molar-refractivity contribution is -0.138. The average molecular weight is 426 g/mol. The molecule has 8 heteroatoms. The molecule has 2 aliphatic heterocycles. The van der Waals surface area contributed by atoms with Gasteiger partial charge in [0.1, 0.15) is 0 Å². The van der Waals surface area contributed by atoms with Gasteiger partial charge in [-0.3, -0.25) is 19.2 Å². The fourth-order valence-electron chi connectivity index (χ4n) is 4.21. The number of carbonyl (C=O) groups is 2. The molecule has 2 aliphatic rings. The van der Waals surface area contributed by atoms with E-state index in [1.165, 1.54) is 0 Å². The summed E-state index contributed by atoms with van der Waals surface area (Å²) in [6.45, 7) is 6.49. The van der Waals surface area contributed by atoms with Crippen LogP contribution in [0.5, 0.6) is 0 Å². The summed E-state index contributed by atoms with van der Waals surface area (Å²) in [4.78, 5) is 29.4. The van der Waals surface area contributed by atoms with E-state index in [2.05, 4.69) is 21.4 Å². The van der Waals surface area contributed by atoms with Crippen LogP contribution in [0.15, 0.2) is 42.7 Å². The molecule has 0 aliphatic carbocycles. The van der Waals surface area contributed by atoms with Crippen molar-refractivity contribution in [2.45, 2.75) is 25.9 Å². The summed E-state index contributed by atoms with van der Waals surface area (Å²) in [5.74, 6) is 0.0281. The van der Waals surface area contributed by atoms with Gasteiger partial charge in [-0.2, -0.15) is 5.10 Å². The van der Waals surface area contributed by atoms with Gasteiger partial charge in [-0.15, -0.1) is 0 Å². The number of benzene rings is 1. The maximum atomic E-state index is 12.9. The molecular formula is C23H31N5O3. The number of amides is 2. The highest BCUT2D eigenvalue weighted by atomic mass is 16.5. The van der Waals surface area contributed by atoms with E-state index < -0.39 is 0 Å². The first-order valence-corrected chi connectivity index (χ1v) is 11.1. The summed E-state index contributed by atoms with van der Waals surface area (Å²) in [5, 5.41) is 7.37. The Bertz CT molecular complexity index is 864. The molecule has 1 aromatic heterocycles. The average Bonchev–Trinajstić information content (AvgIpc) is 3.31. The zero-order valence-corrected chi connectivity index (χ0v) is 17.9. The summed E-state index contributed by atoms with van der Waals surface area (Å²) in [6, 6.07) is 10.00. The van der Waals surface area contributed by atoms with Crippen molar-refractivity contribution in [2.24, 2.45) is 5.92 Å². The second-order valence-corrected chi connectivity index (χ2v) is 8.22. The Kier molecular flexibility index (Phi) is 7.32. The molecule has 1 N–H and O–H groups in total. The monoisotopic (exact) mass is 425 g/mol. The van der Waals surface area contributed by atoms with E-state index in [1.54, 1.807) is 6.20 Å². The van der Waals surface area contributed by atoms with Gasteiger partial charge >= 0.3 is 0 Å². The molecule has 3 heterocycles. The van der Waals surface area contributed by atoms with Gasteiger partial charge in [-0.25, -0.2) is 0 Å². The third-order valence-electron chi connectivity index (χ3n) is 6.12. The number of likely N-dealkylation sites (tertiary alicyclic amines) is 1. The van der Waals surface area contributed by atoms with E-state index in [4.69, 9.17) is 4.74 Å². The fraction of sp³-hybridized carbons (Fsp3) is 0.522. The molecule has 0 bridgehead atoms. The topological polar surface area (TPSA) is 79.7 Å². The van der Waals surface area contributed by atoms with Gasteiger partial charge in [0, 0.05) is 58.1 Å². The van der Waals surface area contributed by atoms with Crippen LogP contribution in [0.25, 0.3) is 0 Å². The van der Waals surface area contributed by atoms with Crippen molar-refractivity contribution in [1.29, 1.82) is 0 Å². The molecular weight excluding hydrogens is 394 g/mol. The van der Waals surface area contributed by atoms with Gasteiger partial charge in [0.25, 0.3) is 0 Å². The third-order valence-corrected chi connectivity index (χ3v) is 6.12. The standard InChI is InChI=1S/C23H31N5O3/c29-22-7-6-21(17-27(22)11-10-26-12-14-31-15-13-26)23(30)24-16-19-4-1-2-5-20(19)18-28-9-3-8-25-28/h1-5,8-9,21H,6-7,10-18H2,(H,24,30)/t21-/m1/s1. The zero-order chi connectivity index (χ0) is 21.5. The van der Waals surface area contributed by atoms with Crippen molar-refractivity contribution in [1.82, 2.24) is 24.9 Å². The largest absolute Gasteiger partial charge is 0.379 e. The normalized spacial score (nSPS) is 20.1. The second kappa shape index (κ2) is 10.5. The number of hydrogen-bond acceptors (Lipinski definition) is 5. The third kappa shape index (κ3) is 5.92. The Morgan fingerprint density at radius 2 is 1.94 bits per heavy atom. The minimum atomic E-state index is -0.152. The lowest BCUT2D eigenvalue weighted by Gasteiger charge is -2.34. The molecule has 0 unspecified atom stereocenters. The molecule has 2 saturated heterocycles. The molecule has 8 nitrogen and oxygen atoms in total. The van der Waals surface area contributed by atoms with E-state index in [0.717, 1.165) is 44.0 Å². The summed E-state index contributed by atoms with van der Waals surface area (Å²) in [6.07, 6.45) is 4.75. The molecule has 2 amide bonds. The maximum Gasteiger partial charge on any atom is 0.225 e. The Morgan fingerprint density at radius 1 is 1.13 bits per heavy atom. The molecule has 0 spiro atoms. The van der Waals surface area contributed by atoms with Crippen LogP contribution in [0.3, 0.4) is 0 Å². The number of morpholine rings is 1. The van der Waals surface area contributed by atoms with Crippen molar-refractivity contribution in [3.63, 3.8) is 0 Å². The van der Waals surface area contributed by atoms with Crippen LogP contribution in [0, 0.1) is 5.92 Å². The number of nitrogens with zero attached hydrogens (tertiary/aromatic N) is 4. The van der Waals surface area contributed by atoms with E-state index in [9.17, 15) is 9.59 Å². The summed E-state index contributed by atoms with van der Waals surface area (Å²) in [7, 11) is 0. The van der Waals surface area contributed by atoms with Crippen LogP contribution in [0.1, 0.15) is 24.0 Å². The van der Waals surface area contributed by atoms with Crippen molar-refractivity contribution in [3.05, 3.63) is 53.9 Å². The van der Waals surface area contributed by atoms with Crippen LogP contribution in [0.4, 0.5) is 0 Å². The number of carbonyl (C=O) groups excluding carboxylic acids is 2. The fourth-order valence-corrected chi connectivity index (χ4v) is 4.21. The summed E-state index contributed by atoms with van der Waals surface area (Å²) < 4.78 is 7.26. The first-order chi connectivity index (χ1) is 15.2. The Balaban J connectivity index is 1.29. The number of ether oxygens (including phenoxy) is 1. The molecule has 1 atom stereocenters. The molecule has 31 heavy (non-hydrogen) atoms. The molecule has 2 aromatic rings. The van der Waals surface area contributed by atoms with E-state index in [0.29, 0.717) is 39.0 Å². The Hall–Kier alpha value is -2.71. The van der Waals surface area contributed by atoms with Crippen LogP contribution in [0.2, 0.25) is 0 Å². The number of aromatic nitrogens is 2. The lowest BCUT2D eigenvalue weighted by Crippen LogP contribution is -2.49. The lowest BCUT2D eigenvalue weighted by atomic mass is 9.96. The van der Waals surface area contributed by atoms with Crippen molar-refractivity contribution >= 4 is 11.8 Å². The first-order valence-electron chi connectivity index (χ1n) is 11.1. The van der Waals surface area contributed by atoms with Gasteiger partial charge in [0.2, 0.25) is 11.8 Å². The van der Waals surface area contributed by atoms with Crippen LogP contribution < -0.4 is 5.32 Å². The zero-order valence-electron chi connectivity index (χ0n) is 17.9. The Labute approximate surface area is 183 Å². The first kappa shape index (κ1) is 21.5. The summed E-state index contributed by atoms with van der Waals surface area (Å²) >= 11 is 0. The number of hydrogen-bond donors (Lipinski definition) is 1. The minimum absolute atomic E-state index is 0.0257. The van der Waals surface area contributed by atoms with E-state index in [-0.39, 0.29) is 17.7 Å². The number of piperidine rings is 1. The highest BCUT2D eigenvalue weighted by Gasteiger charge is 2.30. The van der Waals surface area contributed by atoms with Gasteiger partial charge in [-0.1, -0.05) is 24.3 Å². The number of rotatable bonds is 8. The number of nitrogens with one attached hydrogen (secondary N) is 1. The van der Waals surface area contributed by atoms with E-state index >= 15 is 0 Å². The van der Waals surface area contributed by atoms with E-state index in [1.807, 2.05) is 40.0 Å². The van der Waals surface area contributed by atoms with Crippen LogP contribution >= 0.6 is 0 Å². The van der Waals surface area contributed by atoms with Crippen molar-refractivity contribution in [3.8, 4) is 0 Å². The Morgan fingerprint density at radius 3 is 2.71 bits per heavy atom. The van der Waals surface area contributed by atoms with Crippen molar-refractivity contribution < 1.29 is 14.3 Å². The molecule has 0 saturated carbocycles. The highest BCUT2D eigenvalue weighted by molar-refractivity contribution is 5.83. The molecule has 1 aromatic carbocycles. The molecule has 166 valence electrons. The van der Waals surface area contributed by atoms with Crippen LogP contribution in [-0.2, 0) is 27.4 Å². The SMILES string of the molecule is O=C(NCc1ccccc1Cn1cccn1)[C@@H]1CCC(=O)N(CCN2CCOCC2)C1. The predicted molar refractivity (Wildman–Crippen MR) is 116 cm³/mol. The van der Waals surface area contributed by atoms with Gasteiger partial charge in [-0.05, 0) is 23.6 Å². The van der Waals surface area contributed by atoms with Crippen molar-refractivity contribution in [2.75, 3.05) is 45.9 Å². The van der Waals surface area contributed by atoms with Gasteiger partial charge in [0.15, 0.2) is 0 Å². The van der Waals surface area contributed by atoms with Gasteiger partial charge < -0.3 is 15.0 Å². The smallest absolute Gasteiger partial charge is 0.225 e. The molecule has 0 radical (unpaired) electrons. The molecule has 4 rings (SSSR count). The summed E-state index contributed by atoms with van der Waals surface area (Å²) in [5.41, 5.74) is 2.22.